The monoisotopic (exact) mass is 338 g/mol. The second-order valence-electron chi connectivity index (χ2n) is 6.75. The van der Waals surface area contributed by atoms with Crippen LogP contribution in [0, 0.1) is 6.92 Å². The normalized spacial score (nSPS) is 16.8. The lowest BCUT2D eigenvalue weighted by Crippen LogP contribution is -2.37. The van der Waals surface area contributed by atoms with Crippen LogP contribution in [0.25, 0.3) is 0 Å². The number of aromatic nitrogens is 1. The van der Waals surface area contributed by atoms with Crippen molar-refractivity contribution >= 4 is 5.91 Å². The second kappa shape index (κ2) is 8.77. The summed E-state index contributed by atoms with van der Waals surface area (Å²) >= 11 is 0. The third-order valence-electron chi connectivity index (χ3n) is 4.63. The summed E-state index contributed by atoms with van der Waals surface area (Å²) < 4.78 is 5.76. The van der Waals surface area contributed by atoms with Crippen molar-refractivity contribution in [3.63, 3.8) is 0 Å². The molecule has 1 amide bonds. The number of nitrogens with zero attached hydrogens (tertiary/aromatic N) is 2. The average molecular weight is 338 g/mol. The van der Waals surface area contributed by atoms with E-state index in [1.165, 1.54) is 11.1 Å². The van der Waals surface area contributed by atoms with Gasteiger partial charge in [0.2, 0.25) is 5.91 Å². The molecule has 4 nitrogen and oxygen atoms in total. The minimum atomic E-state index is 0.176. The third kappa shape index (κ3) is 5.40. The fourth-order valence-electron chi connectivity index (χ4n) is 3.28. The summed E-state index contributed by atoms with van der Waals surface area (Å²) in [7, 11) is 0. The Kier molecular flexibility index (Phi) is 6.18. The first kappa shape index (κ1) is 17.6. The van der Waals surface area contributed by atoms with Crippen molar-refractivity contribution in [2.45, 2.75) is 45.3 Å². The van der Waals surface area contributed by atoms with Crippen LogP contribution in [0.4, 0.5) is 0 Å². The van der Waals surface area contributed by atoms with Crippen molar-refractivity contribution in [3.8, 4) is 0 Å². The van der Waals surface area contributed by atoms with Crippen LogP contribution in [-0.2, 0) is 22.5 Å². The number of hydrogen-bond acceptors (Lipinski definition) is 3. The van der Waals surface area contributed by atoms with E-state index in [1.54, 1.807) is 12.4 Å². The predicted octanol–water partition coefficient (Wildman–Crippen LogP) is 3.53. The Bertz CT molecular complexity index is 681. The van der Waals surface area contributed by atoms with E-state index in [1.807, 2.05) is 17.0 Å². The SMILES string of the molecule is Cc1cccc(CN(C[C@@H]2CCCO2)C(=O)CCc2ccncc2)c1. The lowest BCUT2D eigenvalue weighted by atomic mass is 10.1. The molecule has 0 radical (unpaired) electrons. The fourth-order valence-corrected chi connectivity index (χ4v) is 3.28. The zero-order chi connectivity index (χ0) is 17.5. The molecule has 0 aliphatic carbocycles. The first-order valence-electron chi connectivity index (χ1n) is 9.04. The van der Waals surface area contributed by atoms with Crippen LogP contribution in [0.2, 0.25) is 0 Å². The molecule has 4 heteroatoms. The van der Waals surface area contributed by atoms with Gasteiger partial charge < -0.3 is 9.64 Å². The van der Waals surface area contributed by atoms with E-state index in [0.29, 0.717) is 19.5 Å². The van der Waals surface area contributed by atoms with Gasteiger partial charge in [-0.25, -0.2) is 0 Å². The molecule has 0 N–H and O–H groups in total. The van der Waals surface area contributed by atoms with E-state index in [9.17, 15) is 4.79 Å². The summed E-state index contributed by atoms with van der Waals surface area (Å²) in [6, 6.07) is 12.3. The molecule has 0 saturated carbocycles. The molecule has 1 aliphatic rings. The van der Waals surface area contributed by atoms with Crippen LogP contribution >= 0.6 is 0 Å². The van der Waals surface area contributed by atoms with Crippen LogP contribution in [0.5, 0.6) is 0 Å². The highest BCUT2D eigenvalue weighted by molar-refractivity contribution is 5.76. The maximum Gasteiger partial charge on any atom is 0.223 e. The quantitative estimate of drug-likeness (QED) is 0.775. The summed E-state index contributed by atoms with van der Waals surface area (Å²) in [6.07, 6.45) is 7.12. The number of rotatable bonds is 7. The van der Waals surface area contributed by atoms with Gasteiger partial charge in [-0.1, -0.05) is 29.8 Å². The second-order valence-corrected chi connectivity index (χ2v) is 6.75. The van der Waals surface area contributed by atoms with E-state index in [0.717, 1.165) is 31.4 Å². The fraction of sp³-hybridized carbons (Fsp3) is 0.429. The Balaban J connectivity index is 1.64. The summed E-state index contributed by atoms with van der Waals surface area (Å²) in [6.45, 7) is 4.23. The van der Waals surface area contributed by atoms with Crippen molar-refractivity contribution in [1.82, 2.24) is 9.88 Å². The summed E-state index contributed by atoms with van der Waals surface area (Å²) in [4.78, 5) is 18.8. The zero-order valence-electron chi connectivity index (χ0n) is 14.9. The number of benzene rings is 1. The molecular formula is C21H26N2O2. The van der Waals surface area contributed by atoms with Gasteiger partial charge in [-0.15, -0.1) is 0 Å². The number of amides is 1. The lowest BCUT2D eigenvalue weighted by Gasteiger charge is -2.26. The van der Waals surface area contributed by atoms with E-state index in [-0.39, 0.29) is 12.0 Å². The van der Waals surface area contributed by atoms with Crippen LogP contribution in [0.3, 0.4) is 0 Å². The molecule has 0 unspecified atom stereocenters. The van der Waals surface area contributed by atoms with Crippen molar-refractivity contribution in [1.29, 1.82) is 0 Å². The highest BCUT2D eigenvalue weighted by Gasteiger charge is 2.22. The van der Waals surface area contributed by atoms with E-state index in [4.69, 9.17) is 4.74 Å². The number of carbonyl (C=O) groups excluding carboxylic acids is 1. The van der Waals surface area contributed by atoms with Crippen LogP contribution < -0.4 is 0 Å². The van der Waals surface area contributed by atoms with Gasteiger partial charge in [-0.2, -0.15) is 0 Å². The van der Waals surface area contributed by atoms with E-state index < -0.39 is 0 Å². The van der Waals surface area contributed by atoms with Gasteiger partial charge in [0.05, 0.1) is 6.10 Å². The number of pyridine rings is 1. The Morgan fingerprint density at radius 2 is 2.08 bits per heavy atom. The number of hydrogen-bond donors (Lipinski definition) is 0. The number of ether oxygens (including phenoxy) is 1. The molecule has 0 bridgehead atoms. The van der Waals surface area contributed by atoms with Gasteiger partial charge in [0, 0.05) is 38.5 Å². The highest BCUT2D eigenvalue weighted by Crippen LogP contribution is 2.17. The van der Waals surface area contributed by atoms with Crippen LogP contribution in [-0.4, -0.2) is 35.0 Å². The van der Waals surface area contributed by atoms with Gasteiger partial charge in [0.1, 0.15) is 0 Å². The van der Waals surface area contributed by atoms with Crippen molar-refractivity contribution < 1.29 is 9.53 Å². The first-order valence-corrected chi connectivity index (χ1v) is 9.04. The molecule has 2 aromatic rings. The molecule has 1 aromatic heterocycles. The number of carbonyl (C=O) groups is 1. The summed E-state index contributed by atoms with van der Waals surface area (Å²) in [5, 5.41) is 0. The minimum absolute atomic E-state index is 0.176. The topological polar surface area (TPSA) is 42.4 Å². The van der Waals surface area contributed by atoms with Crippen molar-refractivity contribution in [3.05, 3.63) is 65.5 Å². The van der Waals surface area contributed by atoms with Gasteiger partial charge in [0.25, 0.3) is 0 Å². The zero-order valence-corrected chi connectivity index (χ0v) is 14.9. The third-order valence-corrected chi connectivity index (χ3v) is 4.63. The smallest absolute Gasteiger partial charge is 0.223 e. The molecular weight excluding hydrogens is 312 g/mol. The minimum Gasteiger partial charge on any atom is -0.376 e. The Labute approximate surface area is 149 Å². The molecule has 3 rings (SSSR count). The molecule has 2 heterocycles. The largest absolute Gasteiger partial charge is 0.376 e. The van der Waals surface area contributed by atoms with Gasteiger partial charge in [0.15, 0.2) is 0 Å². The van der Waals surface area contributed by atoms with Crippen LogP contribution in [0.15, 0.2) is 48.8 Å². The summed E-state index contributed by atoms with van der Waals surface area (Å²) in [5.74, 6) is 0.189. The first-order chi connectivity index (χ1) is 12.2. The standard InChI is InChI=1S/C21H26N2O2/c1-17-4-2-5-19(14-17)15-23(16-20-6-3-13-25-20)21(24)8-7-18-9-11-22-12-10-18/h2,4-5,9-12,14,20H,3,6-8,13,15-16H2,1H3/t20-/m0/s1. The lowest BCUT2D eigenvalue weighted by molar-refractivity contribution is -0.133. The molecule has 25 heavy (non-hydrogen) atoms. The van der Waals surface area contributed by atoms with Crippen LogP contribution in [0.1, 0.15) is 36.0 Å². The van der Waals surface area contributed by atoms with Gasteiger partial charge in [-0.3, -0.25) is 9.78 Å². The highest BCUT2D eigenvalue weighted by atomic mass is 16.5. The summed E-state index contributed by atoms with van der Waals surface area (Å²) in [5.41, 5.74) is 3.55. The maximum absolute atomic E-state index is 12.8. The maximum atomic E-state index is 12.8. The Morgan fingerprint density at radius 3 is 2.80 bits per heavy atom. The Morgan fingerprint density at radius 1 is 1.24 bits per heavy atom. The number of aryl methyl sites for hydroxylation is 2. The van der Waals surface area contributed by atoms with Gasteiger partial charge in [-0.05, 0) is 49.4 Å². The molecule has 1 saturated heterocycles. The molecule has 1 fully saturated rings. The molecule has 0 spiro atoms. The molecule has 1 atom stereocenters. The molecule has 1 aliphatic heterocycles. The predicted molar refractivity (Wildman–Crippen MR) is 98.1 cm³/mol. The average Bonchev–Trinajstić information content (AvgIpc) is 3.13. The van der Waals surface area contributed by atoms with Crippen molar-refractivity contribution in [2.75, 3.05) is 13.2 Å². The molecule has 132 valence electrons. The van der Waals surface area contributed by atoms with Gasteiger partial charge >= 0.3 is 0 Å². The Hall–Kier alpha value is -2.20. The van der Waals surface area contributed by atoms with E-state index in [2.05, 4.69) is 36.2 Å². The molecule has 1 aromatic carbocycles. The van der Waals surface area contributed by atoms with E-state index >= 15 is 0 Å². The van der Waals surface area contributed by atoms with Crippen molar-refractivity contribution in [2.24, 2.45) is 0 Å².